The average Bonchev–Trinajstić information content (AvgIpc) is 2.62. The predicted octanol–water partition coefficient (Wildman–Crippen LogP) is 2.28. The predicted molar refractivity (Wildman–Crippen MR) is 93.4 cm³/mol. The molecule has 0 aliphatic carbocycles. The molecule has 3 aromatic rings. The Morgan fingerprint density at radius 1 is 1.32 bits per heavy atom. The molecule has 0 atom stereocenters. The van der Waals surface area contributed by atoms with Crippen LogP contribution in [0.25, 0.3) is 11.0 Å². The normalized spacial score (nSPS) is 10.6. The van der Waals surface area contributed by atoms with Crippen molar-refractivity contribution in [1.82, 2.24) is 9.71 Å². The number of nitrogens with zero attached hydrogens (tertiary/aromatic N) is 2. The Labute approximate surface area is 150 Å². The van der Waals surface area contributed by atoms with Crippen LogP contribution in [0.5, 0.6) is 5.75 Å². The maximum absolute atomic E-state index is 12.6. The van der Waals surface area contributed by atoms with Gasteiger partial charge in [-0.15, -0.1) is 4.73 Å². The van der Waals surface area contributed by atoms with Gasteiger partial charge in [-0.05, 0) is 27.6 Å². The maximum Gasteiger partial charge on any atom is 0.347 e. The Morgan fingerprint density at radius 2 is 2.04 bits per heavy atom. The Morgan fingerprint density at radius 3 is 2.72 bits per heavy atom. The molecule has 0 saturated heterocycles. The van der Waals surface area contributed by atoms with Gasteiger partial charge in [0.2, 0.25) is 0 Å². The molecule has 1 N–H and O–H groups in total. The van der Waals surface area contributed by atoms with Crippen molar-refractivity contribution < 1.29 is 19.5 Å². The molecule has 0 amide bonds. The summed E-state index contributed by atoms with van der Waals surface area (Å²) in [5.41, 5.74) is -0.438. The number of hydrogen-bond acceptors (Lipinski definition) is 6. The summed E-state index contributed by atoms with van der Waals surface area (Å²) in [6.45, 7) is 0.0823. The highest BCUT2D eigenvalue weighted by Crippen LogP contribution is 2.27. The molecule has 0 fully saturated rings. The van der Waals surface area contributed by atoms with E-state index in [-0.39, 0.29) is 17.6 Å². The van der Waals surface area contributed by atoms with Gasteiger partial charge in [-0.2, -0.15) is 0 Å². The maximum atomic E-state index is 12.6. The molecule has 2 aromatic heterocycles. The molecule has 0 spiro atoms. The van der Waals surface area contributed by atoms with E-state index in [0.717, 1.165) is 17.4 Å². The SMILES string of the molecule is COC(=O)c1c(O)c2cc(Br)cnc2n(OCc2ccccc2)c1=O. The van der Waals surface area contributed by atoms with Crippen LogP contribution in [0.15, 0.2) is 51.9 Å². The van der Waals surface area contributed by atoms with Gasteiger partial charge in [0.05, 0.1) is 12.5 Å². The van der Waals surface area contributed by atoms with Gasteiger partial charge in [0.1, 0.15) is 12.4 Å². The van der Waals surface area contributed by atoms with E-state index in [1.807, 2.05) is 30.3 Å². The molecule has 128 valence electrons. The van der Waals surface area contributed by atoms with Gasteiger partial charge < -0.3 is 14.7 Å². The van der Waals surface area contributed by atoms with E-state index in [4.69, 9.17) is 4.84 Å². The number of benzene rings is 1. The number of carbonyl (C=O) groups excluding carboxylic acids is 1. The lowest BCUT2D eigenvalue weighted by molar-refractivity contribution is 0.0580. The number of halogens is 1. The lowest BCUT2D eigenvalue weighted by Gasteiger charge is -2.14. The molecule has 1 aromatic carbocycles. The van der Waals surface area contributed by atoms with E-state index < -0.39 is 22.8 Å². The van der Waals surface area contributed by atoms with Crippen molar-refractivity contribution >= 4 is 32.9 Å². The number of methoxy groups -OCH3 is 1. The Hall–Kier alpha value is -2.87. The molecular weight excluding hydrogens is 392 g/mol. The van der Waals surface area contributed by atoms with Gasteiger partial charge in [0.15, 0.2) is 11.2 Å². The lowest BCUT2D eigenvalue weighted by Crippen LogP contribution is -2.32. The van der Waals surface area contributed by atoms with Crippen molar-refractivity contribution in [3.63, 3.8) is 0 Å². The molecule has 0 aliphatic heterocycles. The third kappa shape index (κ3) is 3.20. The van der Waals surface area contributed by atoms with Gasteiger partial charge in [-0.3, -0.25) is 4.79 Å². The van der Waals surface area contributed by atoms with Crippen LogP contribution in [-0.2, 0) is 11.3 Å². The number of hydrogen-bond donors (Lipinski definition) is 1. The summed E-state index contributed by atoms with van der Waals surface area (Å²) in [5.74, 6) is -1.46. The van der Waals surface area contributed by atoms with Crippen molar-refractivity contribution in [2.24, 2.45) is 0 Å². The Kier molecular flexibility index (Phi) is 4.71. The van der Waals surface area contributed by atoms with Gasteiger partial charge >= 0.3 is 11.5 Å². The molecule has 0 bridgehead atoms. The first-order valence-corrected chi connectivity index (χ1v) is 8.01. The van der Waals surface area contributed by atoms with E-state index in [2.05, 4.69) is 25.7 Å². The summed E-state index contributed by atoms with van der Waals surface area (Å²) in [5, 5.41) is 10.5. The molecule has 8 heteroatoms. The topological polar surface area (TPSA) is 90.7 Å². The van der Waals surface area contributed by atoms with Gasteiger partial charge in [-0.25, -0.2) is 9.78 Å². The third-order valence-corrected chi connectivity index (χ3v) is 3.94. The molecule has 25 heavy (non-hydrogen) atoms. The molecule has 2 heterocycles. The van der Waals surface area contributed by atoms with Crippen LogP contribution in [0.1, 0.15) is 15.9 Å². The summed E-state index contributed by atoms with van der Waals surface area (Å²) in [6, 6.07) is 10.7. The summed E-state index contributed by atoms with van der Waals surface area (Å²) in [4.78, 5) is 34.3. The number of pyridine rings is 2. The fourth-order valence-corrected chi connectivity index (χ4v) is 2.65. The van der Waals surface area contributed by atoms with Crippen molar-refractivity contribution in [3.8, 4) is 5.75 Å². The zero-order valence-corrected chi connectivity index (χ0v) is 14.7. The molecule has 0 saturated carbocycles. The molecule has 0 aliphatic rings. The second-order valence-electron chi connectivity index (χ2n) is 5.10. The minimum Gasteiger partial charge on any atom is -0.506 e. The number of aromatic hydroxyl groups is 1. The summed E-state index contributed by atoms with van der Waals surface area (Å²) >= 11 is 3.25. The highest BCUT2D eigenvalue weighted by molar-refractivity contribution is 9.10. The van der Waals surface area contributed by atoms with Crippen LogP contribution >= 0.6 is 15.9 Å². The molecular formula is C17H13BrN2O5. The van der Waals surface area contributed by atoms with Crippen LogP contribution in [0.2, 0.25) is 0 Å². The fraction of sp³-hybridized carbons (Fsp3) is 0.118. The van der Waals surface area contributed by atoms with Crippen LogP contribution in [0.3, 0.4) is 0 Å². The Balaban J connectivity index is 2.18. The highest BCUT2D eigenvalue weighted by Gasteiger charge is 2.24. The van der Waals surface area contributed by atoms with Gasteiger partial charge in [0, 0.05) is 10.7 Å². The second-order valence-corrected chi connectivity index (χ2v) is 6.01. The van der Waals surface area contributed by atoms with E-state index >= 15 is 0 Å². The summed E-state index contributed by atoms with van der Waals surface area (Å²) < 4.78 is 6.05. The number of esters is 1. The van der Waals surface area contributed by atoms with Crippen LogP contribution in [0.4, 0.5) is 0 Å². The third-order valence-electron chi connectivity index (χ3n) is 3.51. The quantitative estimate of drug-likeness (QED) is 0.670. The number of carbonyl (C=O) groups is 1. The number of fused-ring (bicyclic) bond motifs is 1. The first-order valence-electron chi connectivity index (χ1n) is 7.21. The minimum absolute atomic E-state index is 0.0823. The first kappa shape index (κ1) is 17.0. The summed E-state index contributed by atoms with van der Waals surface area (Å²) in [6.07, 6.45) is 1.46. The largest absolute Gasteiger partial charge is 0.506 e. The molecule has 0 radical (unpaired) electrons. The van der Waals surface area contributed by atoms with Crippen molar-refractivity contribution in [2.45, 2.75) is 6.61 Å². The van der Waals surface area contributed by atoms with Crippen molar-refractivity contribution in [1.29, 1.82) is 0 Å². The zero-order valence-electron chi connectivity index (χ0n) is 13.1. The standard InChI is InChI=1S/C17H13BrN2O5/c1-24-17(23)13-14(21)12-7-11(18)8-19-15(12)20(16(13)22)25-9-10-5-3-2-4-6-10/h2-8,21H,9H2,1H3. The van der Waals surface area contributed by atoms with Crippen LogP contribution in [-0.4, -0.2) is 27.9 Å². The zero-order chi connectivity index (χ0) is 18.0. The summed E-state index contributed by atoms with van der Waals surface area (Å²) in [7, 11) is 1.12. The van der Waals surface area contributed by atoms with Crippen LogP contribution in [0, 0.1) is 0 Å². The first-order chi connectivity index (χ1) is 12.0. The average molecular weight is 405 g/mol. The second kappa shape index (κ2) is 6.94. The Bertz CT molecular complexity index is 1000. The number of aromatic nitrogens is 2. The lowest BCUT2D eigenvalue weighted by atomic mass is 10.2. The van der Waals surface area contributed by atoms with Gasteiger partial charge in [-0.1, -0.05) is 30.3 Å². The van der Waals surface area contributed by atoms with Crippen LogP contribution < -0.4 is 10.4 Å². The van der Waals surface area contributed by atoms with E-state index in [9.17, 15) is 14.7 Å². The minimum atomic E-state index is -0.957. The fourth-order valence-electron chi connectivity index (χ4n) is 2.32. The van der Waals surface area contributed by atoms with E-state index in [1.54, 1.807) is 0 Å². The smallest absolute Gasteiger partial charge is 0.347 e. The molecule has 3 rings (SSSR count). The van der Waals surface area contributed by atoms with Gasteiger partial charge in [0.25, 0.3) is 0 Å². The van der Waals surface area contributed by atoms with E-state index in [0.29, 0.717) is 4.47 Å². The van der Waals surface area contributed by atoms with Crippen molar-refractivity contribution in [2.75, 3.05) is 7.11 Å². The highest BCUT2D eigenvalue weighted by atomic mass is 79.9. The monoisotopic (exact) mass is 404 g/mol. The molecule has 7 nitrogen and oxygen atoms in total. The number of ether oxygens (including phenoxy) is 1. The van der Waals surface area contributed by atoms with E-state index in [1.165, 1.54) is 12.3 Å². The van der Waals surface area contributed by atoms with Crippen molar-refractivity contribution in [3.05, 3.63) is 68.5 Å². The molecule has 0 unspecified atom stereocenters. The number of rotatable bonds is 4.